The first-order valence-electron chi connectivity index (χ1n) is 5.88. The Balaban J connectivity index is 1.81. The molecule has 94 valence electrons. The summed E-state index contributed by atoms with van der Waals surface area (Å²) in [6, 6.07) is 4.81. The lowest BCUT2D eigenvalue weighted by Gasteiger charge is -2.11. The zero-order valence-corrected chi connectivity index (χ0v) is 10.4. The Morgan fingerprint density at radius 3 is 3.00 bits per heavy atom. The quantitative estimate of drug-likeness (QED) is 0.753. The van der Waals surface area contributed by atoms with Gasteiger partial charge in [0.2, 0.25) is 0 Å². The minimum Gasteiger partial charge on any atom is -0.490 e. The first kappa shape index (κ1) is 12.7. The second-order valence-corrected chi connectivity index (χ2v) is 4.44. The molecule has 0 amide bonds. The number of ether oxygens (including phenoxy) is 2. The Hall–Kier alpha value is -0.800. The summed E-state index contributed by atoms with van der Waals surface area (Å²) in [6.07, 6.45) is 3.29. The van der Waals surface area contributed by atoms with Crippen molar-refractivity contribution in [2.75, 3.05) is 13.2 Å². The Bertz CT molecular complexity index is 364. The molecule has 1 aliphatic rings. The Morgan fingerprint density at radius 2 is 2.35 bits per heavy atom. The predicted molar refractivity (Wildman–Crippen MR) is 65.0 cm³/mol. The summed E-state index contributed by atoms with van der Waals surface area (Å²) in [7, 11) is 0. The van der Waals surface area contributed by atoms with Gasteiger partial charge in [0.25, 0.3) is 0 Å². The smallest absolute Gasteiger partial charge is 0.165 e. The van der Waals surface area contributed by atoms with E-state index in [0.717, 1.165) is 31.4 Å². The first-order chi connectivity index (χ1) is 8.29. The maximum atomic E-state index is 13.5. The van der Waals surface area contributed by atoms with Crippen molar-refractivity contribution in [3.63, 3.8) is 0 Å². The maximum absolute atomic E-state index is 13.5. The van der Waals surface area contributed by atoms with Crippen LogP contribution in [-0.4, -0.2) is 19.3 Å². The summed E-state index contributed by atoms with van der Waals surface area (Å²) < 4.78 is 24.4. The highest BCUT2D eigenvalue weighted by atomic mass is 35.5. The summed E-state index contributed by atoms with van der Waals surface area (Å²) in [4.78, 5) is 0. The van der Waals surface area contributed by atoms with E-state index in [0.29, 0.717) is 12.5 Å². The minimum atomic E-state index is -0.351. The van der Waals surface area contributed by atoms with E-state index in [9.17, 15) is 4.39 Å². The first-order valence-corrected chi connectivity index (χ1v) is 6.42. The highest BCUT2D eigenvalue weighted by molar-refractivity contribution is 6.17. The van der Waals surface area contributed by atoms with Crippen molar-refractivity contribution in [3.05, 3.63) is 29.6 Å². The highest BCUT2D eigenvalue weighted by Gasteiger charge is 2.15. The van der Waals surface area contributed by atoms with E-state index in [1.165, 1.54) is 6.07 Å². The van der Waals surface area contributed by atoms with Gasteiger partial charge in [0, 0.05) is 18.9 Å². The van der Waals surface area contributed by atoms with E-state index < -0.39 is 0 Å². The molecule has 1 heterocycles. The second-order valence-electron chi connectivity index (χ2n) is 4.17. The molecule has 1 fully saturated rings. The standard InChI is InChI=1S/C13H16ClFO2/c14-9-10-3-4-13(12(15)8-10)17-7-5-11-2-1-6-16-11/h3-4,8,11H,1-2,5-7,9H2. The van der Waals surface area contributed by atoms with Gasteiger partial charge in [0.05, 0.1) is 12.7 Å². The van der Waals surface area contributed by atoms with Gasteiger partial charge in [-0.15, -0.1) is 11.6 Å². The summed E-state index contributed by atoms with van der Waals surface area (Å²) in [5.74, 6) is 0.250. The molecule has 17 heavy (non-hydrogen) atoms. The van der Waals surface area contributed by atoms with Crippen molar-refractivity contribution in [2.45, 2.75) is 31.2 Å². The van der Waals surface area contributed by atoms with Gasteiger partial charge < -0.3 is 9.47 Å². The van der Waals surface area contributed by atoms with Crippen molar-refractivity contribution in [1.82, 2.24) is 0 Å². The molecule has 0 aliphatic carbocycles. The van der Waals surface area contributed by atoms with Gasteiger partial charge >= 0.3 is 0 Å². The Labute approximate surface area is 106 Å². The molecule has 1 aliphatic heterocycles. The van der Waals surface area contributed by atoms with Gasteiger partial charge in [0.1, 0.15) is 0 Å². The van der Waals surface area contributed by atoms with E-state index in [1.807, 2.05) is 0 Å². The molecule has 0 spiro atoms. The molecule has 1 atom stereocenters. The third-order valence-corrected chi connectivity index (χ3v) is 3.18. The zero-order chi connectivity index (χ0) is 12.1. The molecule has 0 N–H and O–H groups in total. The number of benzene rings is 1. The molecule has 0 saturated carbocycles. The molecule has 2 rings (SSSR count). The molecule has 1 saturated heterocycles. The van der Waals surface area contributed by atoms with Crippen molar-refractivity contribution >= 4 is 11.6 Å². The third kappa shape index (κ3) is 3.58. The van der Waals surface area contributed by atoms with Crippen LogP contribution >= 0.6 is 11.6 Å². The Morgan fingerprint density at radius 1 is 1.47 bits per heavy atom. The van der Waals surface area contributed by atoms with Crippen LogP contribution in [0.3, 0.4) is 0 Å². The summed E-state index contributed by atoms with van der Waals surface area (Å²) in [5.41, 5.74) is 0.760. The van der Waals surface area contributed by atoms with Crippen LogP contribution in [0, 0.1) is 5.82 Å². The average molecular weight is 259 g/mol. The number of rotatable bonds is 5. The van der Waals surface area contributed by atoms with Crippen molar-refractivity contribution in [3.8, 4) is 5.75 Å². The summed E-state index contributed by atoms with van der Waals surface area (Å²) in [6.45, 7) is 1.32. The van der Waals surface area contributed by atoms with Crippen molar-refractivity contribution in [2.24, 2.45) is 0 Å². The lowest BCUT2D eigenvalue weighted by Crippen LogP contribution is -2.11. The number of halogens is 2. The van der Waals surface area contributed by atoms with Crippen LogP contribution in [0.5, 0.6) is 5.75 Å². The molecule has 4 heteroatoms. The van der Waals surface area contributed by atoms with E-state index in [-0.39, 0.29) is 17.7 Å². The molecule has 1 unspecified atom stereocenters. The molecule has 1 aromatic carbocycles. The maximum Gasteiger partial charge on any atom is 0.165 e. The second kappa shape index (κ2) is 6.22. The van der Waals surface area contributed by atoms with E-state index in [4.69, 9.17) is 21.1 Å². The SMILES string of the molecule is Fc1cc(CCl)ccc1OCCC1CCCO1. The van der Waals surface area contributed by atoms with Gasteiger partial charge in [-0.2, -0.15) is 0 Å². The molecular formula is C13H16ClFO2. The van der Waals surface area contributed by atoms with Gasteiger partial charge in [0.15, 0.2) is 11.6 Å². The number of alkyl halides is 1. The third-order valence-electron chi connectivity index (χ3n) is 2.87. The fourth-order valence-corrected chi connectivity index (χ4v) is 2.08. The fraction of sp³-hybridized carbons (Fsp3) is 0.538. The molecule has 2 nitrogen and oxygen atoms in total. The zero-order valence-electron chi connectivity index (χ0n) is 9.62. The lowest BCUT2D eigenvalue weighted by atomic mass is 10.2. The molecule has 0 radical (unpaired) electrons. The van der Waals surface area contributed by atoms with E-state index in [1.54, 1.807) is 12.1 Å². The van der Waals surface area contributed by atoms with Gasteiger partial charge in [-0.25, -0.2) is 4.39 Å². The summed E-state index contributed by atoms with van der Waals surface area (Å²) >= 11 is 5.62. The van der Waals surface area contributed by atoms with Crippen molar-refractivity contribution in [1.29, 1.82) is 0 Å². The van der Waals surface area contributed by atoms with E-state index >= 15 is 0 Å². The van der Waals surface area contributed by atoms with Crippen LogP contribution in [0.25, 0.3) is 0 Å². The van der Waals surface area contributed by atoms with Crippen LogP contribution in [0.4, 0.5) is 4.39 Å². The largest absolute Gasteiger partial charge is 0.490 e. The average Bonchev–Trinajstić information content (AvgIpc) is 2.84. The molecular weight excluding hydrogens is 243 g/mol. The van der Waals surface area contributed by atoms with Crippen LogP contribution in [0.15, 0.2) is 18.2 Å². The topological polar surface area (TPSA) is 18.5 Å². The van der Waals surface area contributed by atoms with Crippen molar-refractivity contribution < 1.29 is 13.9 Å². The van der Waals surface area contributed by atoms with E-state index in [2.05, 4.69) is 0 Å². The Kier molecular flexibility index (Phi) is 4.63. The monoisotopic (exact) mass is 258 g/mol. The number of hydrogen-bond donors (Lipinski definition) is 0. The summed E-state index contributed by atoms with van der Waals surface area (Å²) in [5, 5.41) is 0. The molecule has 0 aromatic heterocycles. The minimum absolute atomic E-state index is 0.278. The normalized spacial score (nSPS) is 19.5. The number of hydrogen-bond acceptors (Lipinski definition) is 2. The molecule has 0 bridgehead atoms. The van der Waals surface area contributed by atoms with Crippen LogP contribution in [-0.2, 0) is 10.6 Å². The predicted octanol–water partition coefficient (Wildman–Crippen LogP) is 3.51. The fourth-order valence-electron chi connectivity index (χ4n) is 1.92. The highest BCUT2D eigenvalue weighted by Crippen LogP contribution is 2.21. The lowest BCUT2D eigenvalue weighted by molar-refractivity contribution is 0.0897. The van der Waals surface area contributed by atoms with Crippen LogP contribution in [0.2, 0.25) is 0 Å². The van der Waals surface area contributed by atoms with Crippen LogP contribution < -0.4 is 4.74 Å². The van der Waals surface area contributed by atoms with Gasteiger partial charge in [-0.1, -0.05) is 6.07 Å². The van der Waals surface area contributed by atoms with Gasteiger partial charge in [-0.05, 0) is 30.5 Å². The van der Waals surface area contributed by atoms with Crippen LogP contribution in [0.1, 0.15) is 24.8 Å². The van der Waals surface area contributed by atoms with Gasteiger partial charge in [-0.3, -0.25) is 0 Å². The molecule has 1 aromatic rings.